The Balaban J connectivity index is 1.83. The minimum atomic E-state index is -2.56. The zero-order valence-electron chi connectivity index (χ0n) is 18.5. The van der Waals surface area contributed by atoms with Crippen LogP contribution in [0.1, 0.15) is 37.9 Å². The van der Waals surface area contributed by atoms with Crippen molar-refractivity contribution in [3.05, 3.63) is 23.8 Å². The Hall–Kier alpha value is -1.45. The van der Waals surface area contributed by atoms with Crippen LogP contribution in [0.4, 0.5) is 5.69 Å². The van der Waals surface area contributed by atoms with Crippen molar-refractivity contribution in [2.75, 3.05) is 32.1 Å². The lowest BCUT2D eigenvalue weighted by Gasteiger charge is -2.43. The van der Waals surface area contributed by atoms with E-state index in [1.807, 2.05) is 31.3 Å². The summed E-state index contributed by atoms with van der Waals surface area (Å²) in [6, 6.07) is 5.67. The van der Waals surface area contributed by atoms with Gasteiger partial charge >= 0.3 is 0 Å². The van der Waals surface area contributed by atoms with Gasteiger partial charge in [-0.3, -0.25) is 4.79 Å². The molecule has 168 valence electrons. The van der Waals surface area contributed by atoms with Crippen LogP contribution in [0, 0.1) is 11.8 Å². The maximum atomic E-state index is 12.6. The Bertz CT molecular complexity index is 733. The molecule has 2 aliphatic rings. The van der Waals surface area contributed by atoms with Crippen molar-refractivity contribution < 1.29 is 24.2 Å². The maximum Gasteiger partial charge on any atom is 0.228 e. The third-order valence-electron chi connectivity index (χ3n) is 6.51. The van der Waals surface area contributed by atoms with Gasteiger partial charge in [-0.05, 0) is 57.1 Å². The average Bonchev–Trinajstić information content (AvgIpc) is 2.72. The molecule has 0 spiro atoms. The van der Waals surface area contributed by atoms with Gasteiger partial charge in [-0.2, -0.15) is 0 Å². The van der Waals surface area contributed by atoms with E-state index < -0.39 is 8.32 Å². The maximum absolute atomic E-state index is 12.6. The molecular formula is C22H36N2O5Si. The quantitative estimate of drug-likeness (QED) is 0.491. The Labute approximate surface area is 180 Å². The van der Waals surface area contributed by atoms with Gasteiger partial charge in [0.15, 0.2) is 8.32 Å². The number of hydrogen-bond donors (Lipinski definition) is 4. The largest absolute Gasteiger partial charge is 0.490 e. The minimum Gasteiger partial charge on any atom is -0.490 e. The van der Waals surface area contributed by atoms with Gasteiger partial charge in [-0.1, -0.05) is 6.92 Å². The van der Waals surface area contributed by atoms with Gasteiger partial charge in [-0.15, -0.1) is 0 Å². The first-order chi connectivity index (χ1) is 14.3. The molecule has 1 amide bonds. The number of benzene rings is 1. The zero-order chi connectivity index (χ0) is 21.9. The van der Waals surface area contributed by atoms with E-state index in [0.29, 0.717) is 18.7 Å². The van der Waals surface area contributed by atoms with Crippen LogP contribution >= 0.6 is 0 Å². The van der Waals surface area contributed by atoms with Gasteiger partial charge in [0, 0.05) is 43.0 Å². The first-order valence-corrected chi connectivity index (χ1v) is 14.0. The van der Waals surface area contributed by atoms with Crippen LogP contribution in [-0.4, -0.2) is 57.0 Å². The van der Waals surface area contributed by atoms with Gasteiger partial charge in [0.2, 0.25) is 5.91 Å². The third kappa shape index (κ3) is 5.05. The Morgan fingerprint density at radius 1 is 1.43 bits per heavy atom. The average molecular weight is 437 g/mol. The van der Waals surface area contributed by atoms with Crippen LogP contribution < -0.4 is 15.4 Å². The highest BCUT2D eigenvalue weighted by molar-refractivity contribution is 6.71. The second-order valence-corrected chi connectivity index (χ2v) is 13.2. The second kappa shape index (κ2) is 9.78. The summed E-state index contributed by atoms with van der Waals surface area (Å²) in [5.41, 5.74) is 1.53. The van der Waals surface area contributed by atoms with E-state index in [0.717, 1.165) is 30.6 Å². The van der Waals surface area contributed by atoms with Gasteiger partial charge in [-0.25, -0.2) is 0 Å². The van der Waals surface area contributed by atoms with Crippen molar-refractivity contribution >= 4 is 19.9 Å². The number of hydrogen-bond acceptors (Lipinski definition) is 6. The molecule has 1 aromatic rings. The summed E-state index contributed by atoms with van der Waals surface area (Å²) in [7, 11) is -0.880. The van der Waals surface area contributed by atoms with E-state index >= 15 is 0 Å². The molecular weight excluding hydrogens is 400 g/mol. The van der Waals surface area contributed by atoms with E-state index in [-0.39, 0.29) is 42.1 Å². The highest BCUT2D eigenvalue weighted by Gasteiger charge is 2.46. The minimum absolute atomic E-state index is 0.00790. The zero-order valence-corrected chi connectivity index (χ0v) is 19.5. The number of carbonyl (C=O) groups is 1. The smallest absolute Gasteiger partial charge is 0.228 e. The number of aliphatic hydroxyl groups is 1. The van der Waals surface area contributed by atoms with Gasteiger partial charge in [0.25, 0.3) is 0 Å². The molecule has 0 saturated carbocycles. The van der Waals surface area contributed by atoms with Gasteiger partial charge in [0.05, 0.1) is 12.0 Å². The van der Waals surface area contributed by atoms with Gasteiger partial charge in [0.1, 0.15) is 11.9 Å². The van der Waals surface area contributed by atoms with E-state index in [2.05, 4.69) is 17.6 Å². The summed E-state index contributed by atoms with van der Waals surface area (Å²) in [6.45, 7) is 7.54. The standard InChI is InChI=1S/C22H36N2O5Si/c1-14-20(28-2)17-12-16(24-22(26)15-6-5-10-23-13-15)7-8-18(17)29-21(14)19(9-11-25)30(3,4)27/h7-8,12,14-15,19-21,23,25,27H,5-6,9-11,13H2,1-4H3,(H,24,26)/t14-,15?,19?,20-,21-/m0/s1. The molecule has 0 bridgehead atoms. The number of fused-ring (bicyclic) bond motifs is 1. The molecule has 4 N–H and O–H groups in total. The number of ether oxygens (including phenoxy) is 2. The SMILES string of the molecule is CO[C@@H]1c2cc(NC(=O)C3CCCNC3)ccc2O[C@H](C(CCO)[Si](C)(C)O)[C@H]1C. The summed E-state index contributed by atoms with van der Waals surface area (Å²) in [5.74, 6) is 0.730. The van der Waals surface area contributed by atoms with Crippen LogP contribution in [0.5, 0.6) is 5.75 Å². The normalized spacial score (nSPS) is 27.7. The summed E-state index contributed by atoms with van der Waals surface area (Å²) in [5, 5.41) is 15.9. The van der Waals surface area contributed by atoms with Crippen molar-refractivity contribution in [1.29, 1.82) is 0 Å². The van der Waals surface area contributed by atoms with E-state index in [1.54, 1.807) is 7.11 Å². The van der Waals surface area contributed by atoms with Crippen molar-refractivity contribution in [2.45, 2.75) is 57.0 Å². The molecule has 30 heavy (non-hydrogen) atoms. The molecule has 2 unspecified atom stereocenters. The van der Waals surface area contributed by atoms with Crippen molar-refractivity contribution in [3.8, 4) is 5.75 Å². The first-order valence-electron chi connectivity index (χ1n) is 10.9. The molecule has 8 heteroatoms. The molecule has 7 nitrogen and oxygen atoms in total. The van der Waals surface area contributed by atoms with E-state index in [4.69, 9.17) is 9.47 Å². The number of rotatable bonds is 7. The lowest BCUT2D eigenvalue weighted by Crippen LogP contribution is -2.48. The molecule has 5 atom stereocenters. The second-order valence-electron chi connectivity index (χ2n) is 9.16. The predicted molar refractivity (Wildman–Crippen MR) is 119 cm³/mol. The first kappa shape index (κ1) is 23.2. The number of carbonyl (C=O) groups excluding carboxylic acids is 1. The molecule has 1 fully saturated rings. The predicted octanol–water partition coefficient (Wildman–Crippen LogP) is 2.66. The number of nitrogens with one attached hydrogen (secondary N) is 2. The highest BCUT2D eigenvalue weighted by Crippen LogP contribution is 2.47. The molecule has 0 radical (unpaired) electrons. The fraction of sp³-hybridized carbons (Fsp3) is 0.682. The molecule has 0 aliphatic carbocycles. The summed E-state index contributed by atoms with van der Waals surface area (Å²) < 4.78 is 12.2. The molecule has 0 aromatic heterocycles. The summed E-state index contributed by atoms with van der Waals surface area (Å²) in [6.07, 6.45) is 1.96. The van der Waals surface area contributed by atoms with E-state index in [1.165, 1.54) is 0 Å². The topological polar surface area (TPSA) is 100 Å². The van der Waals surface area contributed by atoms with Crippen molar-refractivity contribution in [1.82, 2.24) is 5.32 Å². The Morgan fingerprint density at radius 2 is 2.20 bits per heavy atom. The number of amides is 1. The third-order valence-corrected chi connectivity index (χ3v) is 8.94. The molecule has 2 aliphatic heterocycles. The number of aliphatic hydroxyl groups excluding tert-OH is 1. The summed E-state index contributed by atoms with van der Waals surface area (Å²) >= 11 is 0. The summed E-state index contributed by atoms with van der Waals surface area (Å²) in [4.78, 5) is 23.4. The van der Waals surface area contributed by atoms with Crippen LogP contribution in [0.15, 0.2) is 18.2 Å². The molecule has 2 heterocycles. The van der Waals surface area contributed by atoms with Crippen molar-refractivity contribution in [2.24, 2.45) is 11.8 Å². The number of anilines is 1. The van der Waals surface area contributed by atoms with Crippen LogP contribution in [0.3, 0.4) is 0 Å². The van der Waals surface area contributed by atoms with Crippen molar-refractivity contribution in [3.63, 3.8) is 0 Å². The molecule has 1 saturated heterocycles. The fourth-order valence-corrected chi connectivity index (χ4v) is 6.85. The van der Waals surface area contributed by atoms with Crippen LogP contribution in [0.25, 0.3) is 0 Å². The lowest BCUT2D eigenvalue weighted by atomic mass is 9.86. The molecule has 3 rings (SSSR count). The number of methoxy groups -OCH3 is 1. The van der Waals surface area contributed by atoms with Crippen LogP contribution in [-0.2, 0) is 9.53 Å². The lowest BCUT2D eigenvalue weighted by molar-refractivity contribution is -0.120. The molecule has 1 aromatic carbocycles. The monoisotopic (exact) mass is 436 g/mol. The van der Waals surface area contributed by atoms with Crippen LogP contribution in [0.2, 0.25) is 18.6 Å². The number of piperidine rings is 1. The van der Waals surface area contributed by atoms with E-state index in [9.17, 15) is 14.7 Å². The highest BCUT2D eigenvalue weighted by atomic mass is 28.4. The Morgan fingerprint density at radius 3 is 2.80 bits per heavy atom. The fourth-order valence-electron chi connectivity index (χ4n) is 4.83. The van der Waals surface area contributed by atoms with Gasteiger partial charge < -0.3 is 30.0 Å². The Kier molecular flexibility index (Phi) is 7.57.